The molecule has 5 atom stereocenters. The van der Waals surface area contributed by atoms with Crippen molar-refractivity contribution in [2.75, 3.05) is 19.7 Å². The summed E-state index contributed by atoms with van der Waals surface area (Å²) < 4.78 is 0. The number of aliphatic imine (C=N–C) groups is 1. The molecule has 42 heavy (non-hydrogen) atoms. The number of amides is 4. The maximum absolute atomic E-state index is 13.4. The third kappa shape index (κ3) is 15.5. The van der Waals surface area contributed by atoms with Crippen molar-refractivity contribution in [2.45, 2.75) is 96.4 Å². The smallest absolute Gasteiger partial charge is 0.328 e. The third-order valence-electron chi connectivity index (χ3n) is 6.26. The molecule has 0 aromatic rings. The van der Waals surface area contributed by atoms with Crippen LogP contribution in [0.25, 0.3) is 0 Å². The molecule has 0 bridgehead atoms. The zero-order valence-corrected chi connectivity index (χ0v) is 25.1. The van der Waals surface area contributed by atoms with Gasteiger partial charge in [0.1, 0.15) is 24.2 Å². The molecule has 0 heterocycles. The molecule has 242 valence electrons. The number of hydrogen-bond acceptors (Lipinski definition) is 9. The molecule has 0 spiro atoms. The number of carbonyl (C=O) groups is 5. The highest BCUT2D eigenvalue weighted by Crippen LogP contribution is 2.09. The fraction of sp³-hybridized carbons (Fsp3) is 0.769. The molecule has 0 radical (unpaired) electrons. The molecular formula is C26H51N9O7. The SMILES string of the molecule is CC(C)C[C@H](N)C(=O)N[C@@H](CCCN=C(N)N)C(=O)N[C@@H](CCCCN)C(=O)N[C@H](C(=O)N[C@@H](CO)C(=O)O)C(C)C. The molecule has 16 nitrogen and oxygen atoms in total. The molecule has 0 aliphatic heterocycles. The van der Waals surface area contributed by atoms with Crippen molar-refractivity contribution in [3.63, 3.8) is 0 Å². The van der Waals surface area contributed by atoms with Gasteiger partial charge in [0.05, 0.1) is 12.6 Å². The molecule has 14 N–H and O–H groups in total. The number of carboxylic acids is 1. The standard InChI is InChI=1S/C26H51N9O7/c1-14(2)12-16(28)21(37)32-18(9-7-11-31-26(29)30)22(38)33-17(8-5-6-10-27)23(39)35-20(15(3)4)24(40)34-19(13-36)25(41)42/h14-20,36H,5-13,27-28H2,1-4H3,(H,32,37)(H,33,38)(H,34,40)(H,35,39)(H,41,42)(H4,29,30,31)/t16-,17-,18-,19-,20-/m0/s1. The van der Waals surface area contributed by atoms with Crippen molar-refractivity contribution in [1.82, 2.24) is 21.3 Å². The van der Waals surface area contributed by atoms with Crippen LogP contribution in [0.3, 0.4) is 0 Å². The molecule has 0 aliphatic rings. The first kappa shape index (κ1) is 38.5. The summed E-state index contributed by atoms with van der Waals surface area (Å²) in [6.45, 7) is 6.83. The van der Waals surface area contributed by atoms with Gasteiger partial charge in [0.2, 0.25) is 23.6 Å². The fourth-order valence-corrected chi connectivity index (χ4v) is 3.94. The van der Waals surface area contributed by atoms with Crippen LogP contribution in [0, 0.1) is 11.8 Å². The summed E-state index contributed by atoms with van der Waals surface area (Å²) in [5.41, 5.74) is 22.3. The molecule has 16 heteroatoms. The minimum Gasteiger partial charge on any atom is -0.480 e. The number of aliphatic carboxylic acids is 1. The average molecular weight is 602 g/mol. The molecule has 0 saturated carbocycles. The van der Waals surface area contributed by atoms with Crippen molar-refractivity contribution in [2.24, 2.45) is 39.8 Å². The summed E-state index contributed by atoms with van der Waals surface area (Å²) in [6, 6.07) is -5.72. The Hall–Kier alpha value is -3.50. The maximum atomic E-state index is 13.4. The Morgan fingerprint density at radius 1 is 0.762 bits per heavy atom. The molecule has 0 fully saturated rings. The molecule has 4 amide bonds. The lowest BCUT2D eigenvalue weighted by Crippen LogP contribution is -2.59. The first-order valence-electron chi connectivity index (χ1n) is 14.2. The fourth-order valence-electron chi connectivity index (χ4n) is 3.94. The van der Waals surface area contributed by atoms with E-state index in [0.717, 1.165) is 0 Å². The van der Waals surface area contributed by atoms with E-state index in [9.17, 15) is 29.1 Å². The minimum absolute atomic E-state index is 0.118. The number of nitrogens with zero attached hydrogens (tertiary/aromatic N) is 1. The second-order valence-electron chi connectivity index (χ2n) is 10.9. The van der Waals surface area contributed by atoms with Gasteiger partial charge in [0.25, 0.3) is 0 Å². The lowest BCUT2D eigenvalue weighted by Gasteiger charge is -2.28. The van der Waals surface area contributed by atoms with Crippen molar-refractivity contribution in [1.29, 1.82) is 0 Å². The Labute approximate surface area is 247 Å². The number of carbonyl (C=O) groups excluding carboxylic acids is 4. The minimum atomic E-state index is -1.55. The molecule has 0 saturated heterocycles. The normalized spacial score (nSPS) is 14.7. The highest BCUT2D eigenvalue weighted by Gasteiger charge is 2.32. The number of rotatable bonds is 21. The number of unbranched alkanes of at least 4 members (excludes halogenated alkanes) is 1. The van der Waals surface area contributed by atoms with Crippen molar-refractivity contribution in [3.05, 3.63) is 0 Å². The molecule has 0 unspecified atom stereocenters. The Balaban J connectivity index is 5.87. The van der Waals surface area contributed by atoms with Gasteiger partial charge in [0.15, 0.2) is 5.96 Å². The second-order valence-corrected chi connectivity index (χ2v) is 10.9. The number of aliphatic hydroxyl groups excluding tert-OH is 1. The van der Waals surface area contributed by atoms with Crippen molar-refractivity contribution < 1.29 is 34.2 Å². The number of carboxylic acid groups (broad SMARTS) is 1. The Morgan fingerprint density at radius 2 is 1.29 bits per heavy atom. The van der Waals surface area contributed by atoms with Gasteiger partial charge < -0.3 is 54.4 Å². The van der Waals surface area contributed by atoms with E-state index in [2.05, 4.69) is 26.3 Å². The van der Waals surface area contributed by atoms with Crippen LogP contribution in [-0.4, -0.2) is 95.7 Å². The molecule has 0 rings (SSSR count). The van der Waals surface area contributed by atoms with Crippen molar-refractivity contribution >= 4 is 35.6 Å². The largest absolute Gasteiger partial charge is 0.480 e. The van der Waals surface area contributed by atoms with Gasteiger partial charge in [-0.05, 0) is 56.9 Å². The van der Waals surface area contributed by atoms with Crippen LogP contribution in [0.5, 0.6) is 0 Å². The van der Waals surface area contributed by atoms with E-state index in [-0.39, 0.29) is 31.3 Å². The molecule has 0 aliphatic carbocycles. The van der Waals surface area contributed by atoms with Crippen LogP contribution in [0.4, 0.5) is 0 Å². The lowest BCUT2D eigenvalue weighted by molar-refractivity contribution is -0.143. The summed E-state index contributed by atoms with van der Waals surface area (Å²) in [6.07, 6.45) is 2.10. The second kappa shape index (κ2) is 20.4. The van der Waals surface area contributed by atoms with E-state index in [1.807, 2.05) is 13.8 Å². The lowest BCUT2D eigenvalue weighted by atomic mass is 10.0. The summed E-state index contributed by atoms with van der Waals surface area (Å²) in [4.78, 5) is 67.4. The van der Waals surface area contributed by atoms with Gasteiger partial charge in [-0.25, -0.2) is 4.79 Å². The van der Waals surface area contributed by atoms with Gasteiger partial charge >= 0.3 is 5.97 Å². The monoisotopic (exact) mass is 601 g/mol. The van der Waals surface area contributed by atoms with Gasteiger partial charge in [0, 0.05) is 6.54 Å². The zero-order valence-electron chi connectivity index (χ0n) is 25.1. The van der Waals surface area contributed by atoms with Crippen LogP contribution < -0.4 is 44.2 Å². The number of guanidine groups is 1. The van der Waals surface area contributed by atoms with Crippen molar-refractivity contribution in [3.8, 4) is 0 Å². The molecular weight excluding hydrogens is 550 g/mol. The van der Waals surface area contributed by atoms with Crippen LogP contribution in [0.1, 0.15) is 66.2 Å². The first-order valence-corrected chi connectivity index (χ1v) is 14.2. The van der Waals surface area contributed by atoms with E-state index >= 15 is 0 Å². The van der Waals surface area contributed by atoms with Gasteiger partial charge in [-0.2, -0.15) is 0 Å². The number of hydrogen-bond donors (Lipinski definition) is 10. The van der Waals surface area contributed by atoms with E-state index in [1.165, 1.54) is 0 Å². The summed E-state index contributed by atoms with van der Waals surface area (Å²) >= 11 is 0. The number of nitrogens with one attached hydrogen (secondary N) is 4. The Kier molecular flexibility index (Phi) is 18.7. The topological polar surface area (TPSA) is 290 Å². The zero-order chi connectivity index (χ0) is 32.4. The summed E-state index contributed by atoms with van der Waals surface area (Å²) in [5, 5.41) is 28.5. The predicted molar refractivity (Wildman–Crippen MR) is 158 cm³/mol. The number of nitrogens with two attached hydrogens (primary N) is 4. The van der Waals surface area contributed by atoms with E-state index in [0.29, 0.717) is 32.2 Å². The van der Waals surface area contributed by atoms with Crippen LogP contribution >= 0.6 is 0 Å². The third-order valence-corrected chi connectivity index (χ3v) is 6.26. The number of aliphatic hydroxyl groups is 1. The first-order chi connectivity index (χ1) is 19.6. The quantitative estimate of drug-likeness (QED) is 0.0364. The van der Waals surface area contributed by atoms with E-state index in [1.54, 1.807) is 13.8 Å². The van der Waals surface area contributed by atoms with E-state index < -0.39 is 72.3 Å². The van der Waals surface area contributed by atoms with Crippen LogP contribution in [0.15, 0.2) is 4.99 Å². The average Bonchev–Trinajstić information content (AvgIpc) is 2.89. The maximum Gasteiger partial charge on any atom is 0.328 e. The summed E-state index contributed by atoms with van der Waals surface area (Å²) in [7, 11) is 0. The Bertz CT molecular complexity index is 911. The van der Waals surface area contributed by atoms with Gasteiger partial charge in [-0.1, -0.05) is 27.7 Å². The Morgan fingerprint density at radius 3 is 1.76 bits per heavy atom. The summed E-state index contributed by atoms with van der Waals surface area (Å²) in [5.74, 6) is -4.54. The molecule has 0 aromatic heterocycles. The highest BCUT2D eigenvalue weighted by atomic mass is 16.4. The van der Waals surface area contributed by atoms with E-state index in [4.69, 9.17) is 28.0 Å². The highest BCUT2D eigenvalue weighted by molar-refractivity contribution is 5.95. The van der Waals surface area contributed by atoms with Crippen LogP contribution in [-0.2, 0) is 24.0 Å². The molecule has 0 aromatic carbocycles. The van der Waals surface area contributed by atoms with Gasteiger partial charge in [-0.3, -0.25) is 24.2 Å². The predicted octanol–water partition coefficient (Wildman–Crippen LogP) is -2.79. The van der Waals surface area contributed by atoms with Gasteiger partial charge in [-0.15, -0.1) is 0 Å². The van der Waals surface area contributed by atoms with Crippen LogP contribution in [0.2, 0.25) is 0 Å².